The minimum absolute atomic E-state index is 0. The van der Waals surface area contributed by atoms with E-state index in [9.17, 15) is 0 Å². The van der Waals surface area contributed by atoms with Crippen molar-refractivity contribution in [2.45, 2.75) is 0 Å². The fourth-order valence-corrected chi connectivity index (χ4v) is 0. The maximum Gasteiger partial charge on any atom is 2.00 e. The molecule has 0 saturated carbocycles. The van der Waals surface area contributed by atoms with Gasteiger partial charge in [0.05, 0.1) is 0 Å². The number of hydrogen-bond donors (Lipinski definition) is 0. The van der Waals surface area contributed by atoms with E-state index >= 15 is 0 Å². The van der Waals surface area contributed by atoms with Gasteiger partial charge in [0.15, 0.2) is 0 Å². The topological polar surface area (TPSA) is 12.4 Å². The van der Waals surface area contributed by atoms with Crippen molar-refractivity contribution in [3.8, 4) is 0 Å². The number of nitrogens with zero attached hydrogens (tertiary/aromatic N) is 1. The van der Waals surface area contributed by atoms with Crippen LogP contribution in [-0.2, 0) is 21.1 Å². The minimum Gasteiger partial charge on any atom is -0.601 e. The molecule has 0 saturated heterocycles. The Balaban J connectivity index is -0.0000000450. The predicted molar refractivity (Wildman–Crippen MR) is 17.4 cm³/mol. The Morgan fingerprint density at radius 2 is 1.67 bits per heavy atom. The molecule has 6 heavy (non-hydrogen) atoms. The Morgan fingerprint density at radius 1 is 1.50 bits per heavy atom. The van der Waals surface area contributed by atoms with Crippen molar-refractivity contribution in [2.75, 3.05) is 0 Å². The first-order valence-electron chi connectivity index (χ1n) is 0.850. The third-order valence-corrected chi connectivity index (χ3v) is 0.0861. The molecule has 0 unspecified atom stereocenters. The molecule has 0 heterocycles. The molecule has 0 aliphatic heterocycles. The molecule has 0 atom stereocenters. The normalized spacial score (nSPS) is 3.33. The second-order valence-corrected chi connectivity index (χ2v) is 0.298. The summed E-state index contributed by atoms with van der Waals surface area (Å²) in [4.78, 5) is 2.89. The summed E-state index contributed by atoms with van der Waals surface area (Å²) in [5, 5.41) is 0. The van der Waals surface area contributed by atoms with E-state index < -0.39 is 0 Å². The first kappa shape index (κ1) is 19.4. The third-order valence-electron chi connectivity index (χ3n) is 0.0861. The van der Waals surface area contributed by atoms with E-state index in [-0.39, 0.29) is 21.1 Å². The van der Waals surface area contributed by atoms with Gasteiger partial charge in [-0.05, 0) is 0 Å². The molecule has 0 radical (unpaired) electrons. The maximum absolute atomic E-state index is 4.61. The van der Waals surface area contributed by atoms with E-state index in [1.54, 1.807) is 0 Å². The molecular formula is C3H3NRfW. The molecule has 28 valence electrons. The molecule has 0 aromatic carbocycles. The first-order valence-corrected chi connectivity index (χ1v) is 0.850. The molecule has 0 aliphatic carbocycles. The summed E-state index contributed by atoms with van der Waals surface area (Å²) in [5.74, 6) is 0. The van der Waals surface area contributed by atoms with Gasteiger partial charge in [0.1, 0.15) is 0 Å². The zero-order chi connectivity index (χ0) is 3.41. The zero-order valence-corrected chi connectivity index (χ0v) is 12.6. The molecule has 0 rings (SSSR count). The van der Waals surface area contributed by atoms with Crippen LogP contribution in [0.5, 0.6) is 0 Å². The van der Waals surface area contributed by atoms with Crippen molar-refractivity contribution in [1.29, 1.82) is 0 Å². The van der Waals surface area contributed by atoms with Gasteiger partial charge in [-0.1, -0.05) is 0 Å². The van der Waals surface area contributed by atoms with Crippen LogP contribution in [0.4, 0.5) is 0 Å². The van der Waals surface area contributed by atoms with Crippen molar-refractivity contribution in [3.05, 3.63) is 12.8 Å². The van der Waals surface area contributed by atoms with Gasteiger partial charge in [-0.2, -0.15) is 6.72 Å². The van der Waals surface area contributed by atoms with Gasteiger partial charge >= 0.3 is 21.1 Å². The van der Waals surface area contributed by atoms with E-state index in [1.807, 2.05) is 0 Å². The van der Waals surface area contributed by atoms with Crippen molar-refractivity contribution < 1.29 is 21.1 Å². The van der Waals surface area contributed by atoms with Crippen LogP contribution in [0, 0.1) is 6.58 Å². The Labute approximate surface area is 46.1 Å². The molecule has 0 spiro atoms. The van der Waals surface area contributed by atoms with Gasteiger partial charge in [0.25, 0.3) is 0 Å². The Kier molecular flexibility index (Phi) is 106. The van der Waals surface area contributed by atoms with Crippen molar-refractivity contribution in [2.24, 2.45) is 4.99 Å². The van der Waals surface area contributed by atoms with Crippen LogP contribution in [0.25, 0.3) is 0 Å². The summed E-state index contributed by atoms with van der Waals surface area (Å²) in [5.41, 5.74) is 0. The smallest absolute Gasteiger partial charge is 0.601 e. The van der Waals surface area contributed by atoms with Crippen LogP contribution in [0.3, 0.4) is 0 Å². The van der Waals surface area contributed by atoms with Gasteiger partial charge in [-0.3, -0.25) is 0 Å². The summed E-state index contributed by atoms with van der Waals surface area (Å²) >= 11 is 0. The second-order valence-electron chi connectivity index (χ2n) is 0.298. The van der Waals surface area contributed by atoms with Crippen LogP contribution in [0.15, 0.2) is 11.2 Å². The van der Waals surface area contributed by atoms with Gasteiger partial charge in [0, 0.05) is 0 Å². The molecule has 0 N–H and O–H groups in total. The van der Waals surface area contributed by atoms with Crippen LogP contribution in [0.2, 0.25) is 0 Å². The quantitative estimate of drug-likeness (QED) is 0.365. The molecule has 0 bridgehead atoms. The molecule has 0 aliphatic rings. The molecular weight excluding hydrogens is 501 g/mol. The van der Waals surface area contributed by atoms with Gasteiger partial charge in [0.2, 0.25) is 0 Å². The molecule has 3 heteroatoms. The molecule has 1 nitrogen and oxygen atoms in total. The summed E-state index contributed by atoms with van der Waals surface area (Å²) in [6.07, 6.45) is 1.03. The predicted octanol–water partition coefficient (Wildman–Crippen LogP) is 0.508. The van der Waals surface area contributed by atoms with Crippen molar-refractivity contribution in [1.82, 2.24) is 0 Å². The first-order chi connectivity index (χ1) is 1.91. The van der Waals surface area contributed by atoms with Gasteiger partial charge < -0.3 is 17.8 Å². The van der Waals surface area contributed by atoms with Gasteiger partial charge in [-0.25, -0.2) is 0 Å². The fraction of sp³-hybridized carbons (Fsp3) is 0. The van der Waals surface area contributed by atoms with E-state index in [0.717, 1.165) is 6.20 Å². The monoisotopic (exact) mass is 504 g/mol. The summed E-state index contributed by atoms with van der Waals surface area (Å²) in [6, 6.07) is 0. The van der Waals surface area contributed by atoms with Crippen LogP contribution < -0.4 is 0 Å². The number of aliphatic imine (C=N–C) groups is 1. The van der Waals surface area contributed by atoms with E-state index in [2.05, 4.69) is 18.3 Å². The maximum atomic E-state index is 4.61. The summed E-state index contributed by atoms with van der Waals surface area (Å²) in [6.45, 7) is 9.08. The van der Waals surface area contributed by atoms with E-state index in [1.165, 1.54) is 0 Å². The van der Waals surface area contributed by atoms with Crippen LogP contribution in [0.1, 0.15) is 0 Å². The Bertz CT molecular complexity index is 31.8. The summed E-state index contributed by atoms with van der Waals surface area (Å²) in [7, 11) is 0. The average molecular weight is 504 g/mol. The zero-order valence-electron chi connectivity index (χ0n) is 3.29. The Hall–Kier alpha value is -0.902. The molecule has 0 aromatic heterocycles. The van der Waals surface area contributed by atoms with Gasteiger partial charge in [-0.15, -0.1) is 0 Å². The fourth-order valence-electron chi connectivity index (χ4n) is 0. The third kappa shape index (κ3) is 1410. The second kappa shape index (κ2) is 32.6. The SMILES string of the molecule is [CH-]=CN=[CH-].[Rf].[W+2]. The standard InChI is InChI=1S/C3H3N.Rf.W/c1-3-4-2;;/h1-3H;;/q-2;;+2. The average Bonchev–Trinajstić information content (AvgIpc) is 1.37. The Morgan fingerprint density at radius 3 is 1.67 bits per heavy atom. The van der Waals surface area contributed by atoms with E-state index in [4.69, 9.17) is 0 Å². The van der Waals surface area contributed by atoms with Crippen LogP contribution >= 0.6 is 0 Å². The van der Waals surface area contributed by atoms with E-state index in [0.29, 0.717) is 0 Å². The minimum atomic E-state index is 0. The molecule has 0 amide bonds. The molecule has 0 fully saturated rings. The number of rotatable bonds is 1. The number of hydrogen-bond acceptors (Lipinski definition) is 1. The summed E-state index contributed by atoms with van der Waals surface area (Å²) < 4.78 is 0. The van der Waals surface area contributed by atoms with Crippen LogP contribution in [-0.4, -0.2) is 6.72 Å². The van der Waals surface area contributed by atoms with Crippen molar-refractivity contribution in [3.63, 3.8) is 0 Å². The molecule has 0 aromatic rings. The van der Waals surface area contributed by atoms with Crippen molar-refractivity contribution >= 4 is 6.72 Å². The largest absolute Gasteiger partial charge is 2.00 e.